The Balaban J connectivity index is 2.08. The summed E-state index contributed by atoms with van der Waals surface area (Å²) in [5, 5.41) is 16.3. The molecule has 1 saturated heterocycles. The minimum Gasteiger partial charge on any atom is -0.504 e. The van der Waals surface area contributed by atoms with Gasteiger partial charge in [0.2, 0.25) is 0 Å². The van der Waals surface area contributed by atoms with Gasteiger partial charge in [0, 0.05) is 0 Å². The van der Waals surface area contributed by atoms with E-state index in [0.717, 1.165) is 35.3 Å². The Morgan fingerprint density at radius 3 is 2.74 bits per heavy atom. The zero-order valence-corrected chi connectivity index (χ0v) is 13.3. The first-order valence-corrected chi connectivity index (χ1v) is 7.34. The SMILES string of the molecule is COc1cc(/C=N/N2CC[NH+](C)CC2)cc(I)c1O. The number of quaternary nitrogens is 1. The lowest BCUT2D eigenvalue weighted by atomic mass is 10.2. The third kappa shape index (κ3) is 3.73. The van der Waals surface area contributed by atoms with Crippen LogP contribution >= 0.6 is 22.6 Å². The van der Waals surface area contributed by atoms with Crippen molar-refractivity contribution in [3.8, 4) is 11.5 Å². The number of hydrogen-bond acceptors (Lipinski definition) is 4. The normalized spacial score (nSPS) is 17.1. The van der Waals surface area contributed by atoms with Crippen molar-refractivity contribution in [3.05, 3.63) is 21.3 Å². The molecular formula is C13H19IN3O2+. The van der Waals surface area contributed by atoms with Crippen molar-refractivity contribution in [2.24, 2.45) is 5.10 Å². The number of nitrogens with one attached hydrogen (secondary N) is 1. The Labute approximate surface area is 127 Å². The second kappa shape index (κ2) is 6.42. The molecule has 1 aliphatic rings. The van der Waals surface area contributed by atoms with E-state index in [-0.39, 0.29) is 5.75 Å². The predicted molar refractivity (Wildman–Crippen MR) is 83.2 cm³/mol. The molecule has 2 N–H and O–H groups in total. The summed E-state index contributed by atoms with van der Waals surface area (Å²) in [7, 11) is 3.75. The van der Waals surface area contributed by atoms with Gasteiger partial charge in [0.05, 0.1) is 50.1 Å². The zero-order chi connectivity index (χ0) is 13.8. The van der Waals surface area contributed by atoms with Crippen molar-refractivity contribution in [3.63, 3.8) is 0 Å². The molecule has 0 unspecified atom stereocenters. The van der Waals surface area contributed by atoms with Gasteiger partial charge in [-0.25, -0.2) is 0 Å². The van der Waals surface area contributed by atoms with Crippen LogP contribution in [0.1, 0.15) is 5.56 Å². The number of hydrazone groups is 1. The molecule has 1 fully saturated rings. The molecule has 0 saturated carbocycles. The lowest BCUT2D eigenvalue weighted by Crippen LogP contribution is -3.11. The Morgan fingerprint density at radius 2 is 2.11 bits per heavy atom. The number of phenols is 1. The van der Waals surface area contributed by atoms with Gasteiger partial charge in [0.1, 0.15) is 0 Å². The fraction of sp³-hybridized carbons (Fsp3) is 0.462. The maximum Gasteiger partial charge on any atom is 0.171 e. The van der Waals surface area contributed by atoms with Gasteiger partial charge in [0.15, 0.2) is 11.5 Å². The van der Waals surface area contributed by atoms with Gasteiger partial charge >= 0.3 is 0 Å². The van der Waals surface area contributed by atoms with Crippen molar-refractivity contribution in [2.75, 3.05) is 40.3 Å². The summed E-state index contributed by atoms with van der Waals surface area (Å²) in [6, 6.07) is 3.69. The topological polar surface area (TPSA) is 49.5 Å². The fourth-order valence-electron chi connectivity index (χ4n) is 1.96. The summed E-state index contributed by atoms with van der Waals surface area (Å²) in [6.07, 6.45) is 1.82. The van der Waals surface area contributed by atoms with Crippen LogP contribution in [0.5, 0.6) is 11.5 Å². The summed E-state index contributed by atoms with van der Waals surface area (Å²) in [6.45, 7) is 4.20. The Kier molecular flexibility index (Phi) is 4.87. The van der Waals surface area contributed by atoms with Gasteiger partial charge in [0.25, 0.3) is 0 Å². The van der Waals surface area contributed by atoms with E-state index in [1.807, 2.05) is 12.3 Å². The largest absolute Gasteiger partial charge is 0.504 e. The number of methoxy groups -OCH3 is 1. The Hall–Kier alpha value is -1.02. The van der Waals surface area contributed by atoms with Crippen molar-refractivity contribution in [1.29, 1.82) is 0 Å². The van der Waals surface area contributed by atoms with Gasteiger partial charge in [-0.1, -0.05) is 0 Å². The highest BCUT2D eigenvalue weighted by Gasteiger charge is 2.14. The van der Waals surface area contributed by atoms with E-state index in [4.69, 9.17) is 4.74 Å². The lowest BCUT2D eigenvalue weighted by molar-refractivity contribution is -0.884. The van der Waals surface area contributed by atoms with Crippen molar-refractivity contribution < 1.29 is 14.7 Å². The fourth-order valence-corrected chi connectivity index (χ4v) is 2.59. The summed E-state index contributed by atoms with van der Waals surface area (Å²) in [5.41, 5.74) is 0.935. The predicted octanol–water partition coefficient (Wildman–Crippen LogP) is 0.170. The smallest absolute Gasteiger partial charge is 0.171 e. The average molecular weight is 376 g/mol. The molecule has 1 aromatic rings. The number of aromatic hydroxyl groups is 1. The summed E-state index contributed by atoms with van der Waals surface area (Å²) >= 11 is 2.09. The number of benzene rings is 1. The molecule has 0 radical (unpaired) electrons. The molecule has 19 heavy (non-hydrogen) atoms. The molecule has 0 aliphatic carbocycles. The van der Waals surface area contributed by atoms with Gasteiger partial charge in [-0.3, -0.25) is 5.01 Å². The van der Waals surface area contributed by atoms with E-state index in [2.05, 4.69) is 39.7 Å². The average Bonchev–Trinajstić information content (AvgIpc) is 2.41. The van der Waals surface area contributed by atoms with Crippen LogP contribution < -0.4 is 9.64 Å². The molecule has 1 aliphatic heterocycles. The van der Waals surface area contributed by atoms with Crippen LogP contribution in [0.15, 0.2) is 17.2 Å². The van der Waals surface area contributed by atoms with Gasteiger partial charge in [-0.05, 0) is 40.3 Å². The highest BCUT2D eigenvalue weighted by molar-refractivity contribution is 14.1. The number of likely N-dealkylation sites (N-methyl/N-ethyl adjacent to an activating group) is 1. The van der Waals surface area contributed by atoms with Crippen molar-refractivity contribution in [1.82, 2.24) is 5.01 Å². The second-order valence-corrected chi connectivity index (χ2v) is 5.87. The molecule has 104 valence electrons. The molecule has 0 atom stereocenters. The lowest BCUT2D eigenvalue weighted by Gasteiger charge is -2.27. The second-order valence-electron chi connectivity index (χ2n) is 4.71. The summed E-state index contributed by atoms with van der Waals surface area (Å²) in [5.74, 6) is 0.666. The Bertz CT molecular complexity index is 471. The molecule has 1 heterocycles. The monoisotopic (exact) mass is 376 g/mol. The van der Waals surface area contributed by atoms with Crippen LogP contribution in [0.25, 0.3) is 0 Å². The van der Waals surface area contributed by atoms with Crippen LogP contribution in [0.4, 0.5) is 0 Å². The minimum absolute atomic E-state index is 0.184. The maximum atomic E-state index is 9.78. The van der Waals surface area contributed by atoms with Crippen LogP contribution in [-0.4, -0.2) is 56.7 Å². The molecule has 0 spiro atoms. The number of halogens is 1. The van der Waals surface area contributed by atoms with Crippen molar-refractivity contribution in [2.45, 2.75) is 0 Å². The molecule has 5 nitrogen and oxygen atoms in total. The van der Waals surface area contributed by atoms with Gasteiger partial charge in [-0.15, -0.1) is 0 Å². The number of hydrogen-bond donors (Lipinski definition) is 2. The first-order chi connectivity index (χ1) is 9.10. The van der Waals surface area contributed by atoms with E-state index in [1.165, 1.54) is 0 Å². The number of nitrogens with zero attached hydrogens (tertiary/aromatic N) is 2. The number of ether oxygens (including phenoxy) is 1. The molecular weight excluding hydrogens is 357 g/mol. The molecule has 0 aromatic heterocycles. The highest BCUT2D eigenvalue weighted by atomic mass is 127. The standard InChI is InChI=1S/C13H18IN3O2/c1-16-3-5-17(6-4-16)15-9-10-7-11(14)13(18)12(8-10)19-2/h7-9,18H,3-6H2,1-2H3/p+1/b15-9+. The van der Waals surface area contributed by atoms with E-state index >= 15 is 0 Å². The van der Waals surface area contributed by atoms with Crippen LogP contribution in [0.2, 0.25) is 0 Å². The highest BCUT2D eigenvalue weighted by Crippen LogP contribution is 2.31. The van der Waals surface area contributed by atoms with Crippen LogP contribution in [-0.2, 0) is 0 Å². The first-order valence-electron chi connectivity index (χ1n) is 6.27. The van der Waals surface area contributed by atoms with Crippen LogP contribution in [0.3, 0.4) is 0 Å². The third-order valence-electron chi connectivity index (χ3n) is 3.23. The van der Waals surface area contributed by atoms with E-state index in [0.29, 0.717) is 5.75 Å². The molecule has 2 rings (SSSR count). The van der Waals surface area contributed by atoms with Crippen LogP contribution in [0, 0.1) is 3.57 Å². The molecule has 1 aromatic carbocycles. The number of rotatable bonds is 3. The minimum atomic E-state index is 0.184. The van der Waals surface area contributed by atoms with E-state index in [1.54, 1.807) is 18.1 Å². The maximum absolute atomic E-state index is 9.78. The van der Waals surface area contributed by atoms with Crippen molar-refractivity contribution >= 4 is 28.8 Å². The summed E-state index contributed by atoms with van der Waals surface area (Å²) in [4.78, 5) is 1.55. The first kappa shape index (κ1) is 14.4. The van der Waals surface area contributed by atoms with E-state index < -0.39 is 0 Å². The number of phenolic OH excluding ortho intramolecular Hbond substituents is 1. The Morgan fingerprint density at radius 1 is 1.42 bits per heavy atom. The number of piperazine rings is 1. The van der Waals surface area contributed by atoms with Gasteiger partial charge < -0.3 is 14.7 Å². The molecule has 0 bridgehead atoms. The zero-order valence-electron chi connectivity index (χ0n) is 11.2. The van der Waals surface area contributed by atoms with E-state index in [9.17, 15) is 5.11 Å². The third-order valence-corrected chi connectivity index (χ3v) is 4.06. The quantitative estimate of drug-likeness (QED) is 0.584. The summed E-state index contributed by atoms with van der Waals surface area (Å²) < 4.78 is 5.90. The molecule has 6 heteroatoms. The molecule has 0 amide bonds. The van der Waals surface area contributed by atoms with Gasteiger partial charge in [-0.2, -0.15) is 5.10 Å².